The van der Waals surface area contributed by atoms with Crippen molar-refractivity contribution in [3.8, 4) is 5.75 Å². The van der Waals surface area contributed by atoms with E-state index in [0.717, 1.165) is 13.0 Å². The van der Waals surface area contributed by atoms with Crippen LogP contribution in [0.3, 0.4) is 0 Å². The van der Waals surface area contributed by atoms with Crippen molar-refractivity contribution in [3.63, 3.8) is 0 Å². The van der Waals surface area contributed by atoms with Crippen LogP contribution in [-0.2, 0) is 11.8 Å². The molecule has 1 heterocycles. The minimum Gasteiger partial charge on any atom is -0.508 e. The van der Waals surface area contributed by atoms with Crippen LogP contribution < -0.4 is 5.32 Å². The lowest BCUT2D eigenvalue weighted by atomic mass is 9.59. The third-order valence-electron chi connectivity index (χ3n) is 4.81. The van der Waals surface area contributed by atoms with E-state index in [-0.39, 0.29) is 5.41 Å². The van der Waals surface area contributed by atoms with Gasteiger partial charge in [-0.25, -0.2) is 0 Å². The molecular formula is C14H19NO. The molecule has 1 saturated heterocycles. The van der Waals surface area contributed by atoms with Gasteiger partial charge in [0.1, 0.15) is 5.75 Å². The van der Waals surface area contributed by atoms with Crippen LogP contribution in [0.25, 0.3) is 0 Å². The molecule has 3 atom stereocenters. The molecule has 3 rings (SSSR count). The van der Waals surface area contributed by atoms with Gasteiger partial charge in [0.15, 0.2) is 0 Å². The molecule has 16 heavy (non-hydrogen) atoms. The molecule has 1 aromatic rings. The van der Waals surface area contributed by atoms with Gasteiger partial charge < -0.3 is 10.4 Å². The van der Waals surface area contributed by atoms with Gasteiger partial charge in [-0.05, 0) is 54.0 Å². The van der Waals surface area contributed by atoms with Gasteiger partial charge in [-0.15, -0.1) is 0 Å². The second kappa shape index (κ2) is 3.24. The normalized spacial score (nSPS) is 36.9. The number of fused-ring (bicyclic) bond motifs is 4. The van der Waals surface area contributed by atoms with E-state index >= 15 is 0 Å². The number of phenolic OH excluding ortho intramolecular Hbond substituents is 1. The number of hydrogen-bond acceptors (Lipinski definition) is 2. The molecule has 1 aliphatic carbocycles. The highest BCUT2D eigenvalue weighted by molar-refractivity contribution is 5.44. The average Bonchev–Trinajstić information content (AvgIpc) is 2.25. The van der Waals surface area contributed by atoms with E-state index in [4.69, 9.17) is 0 Å². The Hall–Kier alpha value is -1.02. The summed E-state index contributed by atoms with van der Waals surface area (Å²) in [5, 5.41) is 13.3. The lowest BCUT2D eigenvalue weighted by Gasteiger charge is -2.50. The maximum Gasteiger partial charge on any atom is 0.115 e. The van der Waals surface area contributed by atoms with E-state index in [9.17, 15) is 5.11 Å². The number of aromatic hydroxyl groups is 1. The number of benzene rings is 1. The summed E-state index contributed by atoms with van der Waals surface area (Å²) in [7, 11) is 0. The van der Waals surface area contributed by atoms with E-state index in [1.807, 2.05) is 12.1 Å². The van der Waals surface area contributed by atoms with Crippen molar-refractivity contribution in [3.05, 3.63) is 29.3 Å². The monoisotopic (exact) mass is 217 g/mol. The largest absolute Gasteiger partial charge is 0.508 e. The first kappa shape index (κ1) is 10.2. The Bertz CT molecular complexity index is 429. The van der Waals surface area contributed by atoms with Gasteiger partial charge >= 0.3 is 0 Å². The summed E-state index contributed by atoms with van der Waals surface area (Å²) in [6.07, 6.45) is 2.27. The zero-order valence-electron chi connectivity index (χ0n) is 9.96. The second-order valence-electron chi connectivity index (χ2n) is 5.56. The quantitative estimate of drug-likeness (QED) is 0.698. The molecule has 2 bridgehead atoms. The van der Waals surface area contributed by atoms with Crippen molar-refractivity contribution in [1.82, 2.24) is 5.32 Å². The zero-order chi connectivity index (χ0) is 11.3. The van der Waals surface area contributed by atoms with Crippen LogP contribution in [0.15, 0.2) is 18.2 Å². The molecule has 1 fully saturated rings. The molecular weight excluding hydrogens is 198 g/mol. The summed E-state index contributed by atoms with van der Waals surface area (Å²) in [6.45, 7) is 5.79. The first-order valence-electron chi connectivity index (χ1n) is 6.17. The van der Waals surface area contributed by atoms with Crippen LogP contribution in [0.5, 0.6) is 5.75 Å². The Morgan fingerprint density at radius 2 is 2.25 bits per heavy atom. The summed E-state index contributed by atoms with van der Waals surface area (Å²) in [6, 6.07) is 6.49. The molecule has 1 aliphatic heterocycles. The van der Waals surface area contributed by atoms with Gasteiger partial charge in [0.05, 0.1) is 0 Å². The Morgan fingerprint density at radius 1 is 1.44 bits per heavy atom. The fraction of sp³-hybridized carbons (Fsp3) is 0.571. The molecule has 1 aromatic carbocycles. The zero-order valence-corrected chi connectivity index (χ0v) is 9.96. The predicted molar refractivity (Wildman–Crippen MR) is 64.7 cm³/mol. The van der Waals surface area contributed by atoms with E-state index in [0.29, 0.717) is 17.7 Å². The van der Waals surface area contributed by atoms with Crippen LogP contribution in [0.4, 0.5) is 0 Å². The van der Waals surface area contributed by atoms with E-state index < -0.39 is 0 Å². The Balaban J connectivity index is 2.18. The number of hydrogen-bond donors (Lipinski definition) is 2. The van der Waals surface area contributed by atoms with Crippen molar-refractivity contribution in [1.29, 1.82) is 0 Å². The third kappa shape index (κ3) is 1.23. The molecule has 2 N–H and O–H groups in total. The lowest BCUT2D eigenvalue weighted by molar-refractivity contribution is 0.158. The highest BCUT2D eigenvalue weighted by atomic mass is 16.3. The topological polar surface area (TPSA) is 32.3 Å². The molecule has 0 aromatic heterocycles. The van der Waals surface area contributed by atoms with Gasteiger partial charge in [0, 0.05) is 6.04 Å². The van der Waals surface area contributed by atoms with Crippen LogP contribution in [0.1, 0.15) is 31.4 Å². The fourth-order valence-electron chi connectivity index (χ4n) is 3.51. The van der Waals surface area contributed by atoms with E-state index in [1.165, 1.54) is 17.5 Å². The highest BCUT2D eigenvalue weighted by Gasteiger charge is 2.45. The summed E-state index contributed by atoms with van der Waals surface area (Å²) in [5.74, 6) is 1.06. The first-order chi connectivity index (χ1) is 7.61. The van der Waals surface area contributed by atoms with Gasteiger partial charge in [-0.3, -0.25) is 0 Å². The number of nitrogens with one attached hydrogen (secondary N) is 1. The van der Waals surface area contributed by atoms with Crippen LogP contribution in [0.2, 0.25) is 0 Å². The summed E-state index contributed by atoms with van der Waals surface area (Å²) < 4.78 is 0. The summed E-state index contributed by atoms with van der Waals surface area (Å²) in [4.78, 5) is 0. The Morgan fingerprint density at radius 3 is 3.06 bits per heavy atom. The van der Waals surface area contributed by atoms with E-state index in [2.05, 4.69) is 25.2 Å². The first-order valence-corrected chi connectivity index (χ1v) is 6.17. The van der Waals surface area contributed by atoms with Crippen molar-refractivity contribution < 1.29 is 5.11 Å². The summed E-state index contributed by atoms with van der Waals surface area (Å²) in [5.41, 5.74) is 3.02. The Labute approximate surface area is 96.7 Å². The standard InChI is InChI=1S/C14H19NO/c1-9-13-7-10-3-4-11(16)8-12(10)14(9,2)5-6-15-13/h3-4,8-9,13,15-16H,5-7H2,1-2H3/t9-,13+,14+/m1/s1. The molecule has 2 aliphatic rings. The molecule has 0 amide bonds. The van der Waals surface area contributed by atoms with Crippen molar-refractivity contribution in [2.45, 2.75) is 38.1 Å². The summed E-state index contributed by atoms with van der Waals surface area (Å²) >= 11 is 0. The van der Waals surface area contributed by atoms with Crippen molar-refractivity contribution in [2.24, 2.45) is 5.92 Å². The number of rotatable bonds is 0. The van der Waals surface area contributed by atoms with Gasteiger partial charge in [0.2, 0.25) is 0 Å². The lowest BCUT2D eigenvalue weighted by Crippen LogP contribution is -2.56. The third-order valence-corrected chi connectivity index (χ3v) is 4.81. The maximum atomic E-state index is 9.67. The molecule has 2 heteroatoms. The van der Waals surface area contributed by atoms with Gasteiger partial charge in [-0.2, -0.15) is 0 Å². The van der Waals surface area contributed by atoms with Crippen molar-refractivity contribution >= 4 is 0 Å². The van der Waals surface area contributed by atoms with Crippen molar-refractivity contribution in [2.75, 3.05) is 6.54 Å². The minimum absolute atomic E-state index is 0.238. The van der Waals surface area contributed by atoms with Crippen LogP contribution in [0, 0.1) is 5.92 Å². The van der Waals surface area contributed by atoms with Crippen LogP contribution in [-0.4, -0.2) is 17.7 Å². The van der Waals surface area contributed by atoms with Crippen LogP contribution >= 0.6 is 0 Å². The highest BCUT2D eigenvalue weighted by Crippen LogP contribution is 2.46. The Kier molecular flexibility index (Phi) is 2.05. The maximum absolute atomic E-state index is 9.67. The average molecular weight is 217 g/mol. The molecule has 0 spiro atoms. The fourth-order valence-corrected chi connectivity index (χ4v) is 3.51. The molecule has 0 unspecified atom stereocenters. The molecule has 0 saturated carbocycles. The molecule has 2 nitrogen and oxygen atoms in total. The molecule has 0 radical (unpaired) electrons. The predicted octanol–water partition coefficient (Wildman–Crippen LogP) is 2.20. The second-order valence-corrected chi connectivity index (χ2v) is 5.56. The number of phenols is 1. The number of piperidine rings is 1. The smallest absolute Gasteiger partial charge is 0.115 e. The van der Waals surface area contributed by atoms with Gasteiger partial charge in [0.25, 0.3) is 0 Å². The van der Waals surface area contributed by atoms with Gasteiger partial charge in [-0.1, -0.05) is 19.9 Å². The minimum atomic E-state index is 0.238. The SMILES string of the molecule is C[C@@H]1[C@@H]2Cc3ccc(O)cc3[C@@]1(C)CCN2. The molecule has 86 valence electrons. The van der Waals surface area contributed by atoms with E-state index in [1.54, 1.807) is 0 Å².